The van der Waals surface area contributed by atoms with E-state index in [-0.39, 0.29) is 17.9 Å². The van der Waals surface area contributed by atoms with E-state index in [2.05, 4.69) is 27.3 Å². The summed E-state index contributed by atoms with van der Waals surface area (Å²) in [6.07, 6.45) is 7.88. The molecule has 0 spiro atoms. The number of pyridine rings is 1. The van der Waals surface area contributed by atoms with E-state index < -0.39 is 0 Å². The Balaban J connectivity index is 1.68. The van der Waals surface area contributed by atoms with Crippen molar-refractivity contribution in [1.82, 2.24) is 15.2 Å². The molecule has 1 N–H and O–H groups in total. The van der Waals surface area contributed by atoms with Crippen molar-refractivity contribution in [3.63, 3.8) is 0 Å². The van der Waals surface area contributed by atoms with Gasteiger partial charge in [0.2, 0.25) is 0 Å². The van der Waals surface area contributed by atoms with E-state index in [1.807, 2.05) is 30.9 Å². The van der Waals surface area contributed by atoms with E-state index in [1.54, 1.807) is 0 Å². The molecule has 0 radical (unpaired) electrons. The lowest BCUT2D eigenvalue weighted by molar-refractivity contribution is 0.202. The Hall–Kier alpha value is -2.27. The molecule has 2 atom stereocenters. The normalized spacial score (nSPS) is 24.5. The fourth-order valence-electron chi connectivity index (χ4n) is 3.73. The molecule has 3 heterocycles. The van der Waals surface area contributed by atoms with E-state index >= 15 is 0 Å². The fraction of sp³-hybridized carbons (Fsp3) is 0.368. The number of aromatic nitrogens is 1. The third-order valence-corrected chi connectivity index (χ3v) is 4.97. The Labute approximate surface area is 141 Å². The van der Waals surface area contributed by atoms with Crippen LogP contribution in [0.4, 0.5) is 4.39 Å². The predicted octanol–water partition coefficient (Wildman–Crippen LogP) is 3.10. The molecule has 0 bridgehead atoms. The highest BCUT2D eigenvalue weighted by Crippen LogP contribution is 2.42. The molecule has 2 aliphatic rings. The first-order chi connectivity index (χ1) is 11.8. The first-order valence-electron chi connectivity index (χ1n) is 8.50. The third kappa shape index (κ3) is 2.91. The van der Waals surface area contributed by atoms with Crippen LogP contribution in [-0.4, -0.2) is 35.4 Å². The van der Waals surface area contributed by atoms with Crippen LogP contribution in [0, 0.1) is 5.82 Å². The van der Waals surface area contributed by atoms with Crippen LogP contribution < -0.4 is 5.32 Å². The molecule has 5 heteroatoms. The summed E-state index contributed by atoms with van der Waals surface area (Å²) in [7, 11) is 0. The van der Waals surface area contributed by atoms with Gasteiger partial charge in [-0.2, -0.15) is 0 Å². The molecular formula is C19H21FN4. The van der Waals surface area contributed by atoms with Gasteiger partial charge in [-0.25, -0.2) is 4.39 Å². The summed E-state index contributed by atoms with van der Waals surface area (Å²) in [6, 6.07) is 11.5. The molecule has 0 saturated carbocycles. The van der Waals surface area contributed by atoms with Crippen LogP contribution in [-0.2, 0) is 0 Å². The molecule has 1 fully saturated rings. The Morgan fingerprint density at radius 1 is 0.958 bits per heavy atom. The Morgan fingerprint density at radius 3 is 2.38 bits per heavy atom. The van der Waals surface area contributed by atoms with Gasteiger partial charge in [-0.3, -0.25) is 9.98 Å². The number of hydrogen-bond donors (Lipinski definition) is 1. The van der Waals surface area contributed by atoms with Crippen LogP contribution in [0.2, 0.25) is 0 Å². The number of nitrogens with zero attached hydrogens (tertiary/aromatic N) is 3. The van der Waals surface area contributed by atoms with Crippen LogP contribution in [0.25, 0.3) is 0 Å². The minimum Gasteiger partial charge on any atom is -0.350 e. The molecule has 124 valence electrons. The van der Waals surface area contributed by atoms with Gasteiger partial charge in [-0.05, 0) is 61.3 Å². The van der Waals surface area contributed by atoms with Gasteiger partial charge in [0.1, 0.15) is 11.9 Å². The second-order valence-corrected chi connectivity index (χ2v) is 6.41. The van der Waals surface area contributed by atoms with Gasteiger partial charge in [-0.15, -0.1) is 0 Å². The highest BCUT2D eigenvalue weighted by atomic mass is 19.1. The summed E-state index contributed by atoms with van der Waals surface area (Å²) in [5.74, 6) is -0.212. The van der Waals surface area contributed by atoms with Crippen molar-refractivity contribution in [3.8, 4) is 0 Å². The van der Waals surface area contributed by atoms with Gasteiger partial charge >= 0.3 is 0 Å². The van der Waals surface area contributed by atoms with E-state index in [1.165, 1.54) is 17.7 Å². The Bertz CT molecular complexity index is 695. The molecule has 2 aliphatic heterocycles. The van der Waals surface area contributed by atoms with Crippen molar-refractivity contribution < 1.29 is 4.39 Å². The zero-order chi connectivity index (χ0) is 16.4. The molecule has 4 nitrogen and oxygen atoms in total. The zero-order valence-electron chi connectivity index (χ0n) is 13.5. The number of rotatable bonds is 3. The quantitative estimate of drug-likeness (QED) is 0.943. The van der Waals surface area contributed by atoms with Gasteiger partial charge in [0.15, 0.2) is 0 Å². The van der Waals surface area contributed by atoms with E-state index in [9.17, 15) is 4.39 Å². The number of piperidine rings is 1. The van der Waals surface area contributed by atoms with Gasteiger partial charge < -0.3 is 10.2 Å². The minimum absolute atomic E-state index is 0.0112. The number of nitrogens with one attached hydrogen (secondary N) is 1. The second kappa shape index (κ2) is 6.69. The molecule has 2 unspecified atom stereocenters. The topological polar surface area (TPSA) is 40.5 Å². The average Bonchev–Trinajstić information content (AvgIpc) is 3.09. The molecule has 2 aromatic rings. The highest BCUT2D eigenvalue weighted by molar-refractivity contribution is 5.61. The molecule has 0 aliphatic carbocycles. The van der Waals surface area contributed by atoms with Crippen LogP contribution >= 0.6 is 0 Å². The van der Waals surface area contributed by atoms with Crippen molar-refractivity contribution in [3.05, 3.63) is 65.7 Å². The van der Waals surface area contributed by atoms with Crippen molar-refractivity contribution in [1.29, 1.82) is 0 Å². The summed E-state index contributed by atoms with van der Waals surface area (Å²) < 4.78 is 13.3. The molecular weight excluding hydrogens is 303 g/mol. The van der Waals surface area contributed by atoms with Gasteiger partial charge in [0.25, 0.3) is 0 Å². The van der Waals surface area contributed by atoms with Gasteiger partial charge in [-0.1, -0.05) is 12.1 Å². The maximum atomic E-state index is 13.3. The van der Waals surface area contributed by atoms with Crippen molar-refractivity contribution in [2.45, 2.75) is 31.0 Å². The standard InChI is InChI=1S/C19H21FN4/c20-16-3-1-14(2-4-16)18-19(15-5-9-21-10-6-15)24(13-23-18)17-7-11-22-12-8-17/h1-6,9-10,13,17-19,22H,7-8,11-12H2. The van der Waals surface area contributed by atoms with Crippen LogP contribution in [0.1, 0.15) is 36.1 Å². The molecule has 1 aromatic heterocycles. The average molecular weight is 324 g/mol. The smallest absolute Gasteiger partial charge is 0.123 e. The lowest BCUT2D eigenvalue weighted by Crippen LogP contribution is -2.43. The fourth-order valence-corrected chi connectivity index (χ4v) is 3.73. The number of halogens is 1. The Morgan fingerprint density at radius 2 is 1.67 bits per heavy atom. The van der Waals surface area contributed by atoms with Gasteiger partial charge in [0, 0.05) is 18.4 Å². The lowest BCUT2D eigenvalue weighted by Gasteiger charge is -2.37. The Kier molecular flexibility index (Phi) is 4.26. The number of benzene rings is 1. The largest absolute Gasteiger partial charge is 0.350 e. The van der Waals surface area contributed by atoms with Crippen LogP contribution in [0.15, 0.2) is 53.8 Å². The monoisotopic (exact) mass is 324 g/mol. The summed E-state index contributed by atoms with van der Waals surface area (Å²) >= 11 is 0. The van der Waals surface area contributed by atoms with Crippen molar-refractivity contribution in [2.24, 2.45) is 4.99 Å². The predicted molar refractivity (Wildman–Crippen MR) is 92.3 cm³/mol. The number of hydrogen-bond acceptors (Lipinski definition) is 4. The first kappa shape index (κ1) is 15.3. The first-order valence-corrected chi connectivity index (χ1v) is 8.50. The molecule has 24 heavy (non-hydrogen) atoms. The van der Waals surface area contributed by atoms with E-state index in [0.717, 1.165) is 31.5 Å². The number of aliphatic imine (C=N–C) groups is 1. The van der Waals surface area contributed by atoms with Crippen molar-refractivity contribution >= 4 is 6.34 Å². The maximum absolute atomic E-state index is 13.3. The van der Waals surface area contributed by atoms with Crippen LogP contribution in [0.5, 0.6) is 0 Å². The summed E-state index contributed by atoms with van der Waals surface area (Å²) in [4.78, 5) is 11.3. The summed E-state index contributed by atoms with van der Waals surface area (Å²) in [5, 5.41) is 3.42. The zero-order valence-corrected chi connectivity index (χ0v) is 13.5. The maximum Gasteiger partial charge on any atom is 0.123 e. The molecule has 4 rings (SSSR count). The minimum atomic E-state index is -0.212. The van der Waals surface area contributed by atoms with E-state index in [0.29, 0.717) is 6.04 Å². The molecule has 0 amide bonds. The highest BCUT2D eigenvalue weighted by Gasteiger charge is 2.37. The van der Waals surface area contributed by atoms with E-state index in [4.69, 9.17) is 4.99 Å². The molecule has 1 aromatic carbocycles. The summed E-state index contributed by atoms with van der Waals surface area (Å²) in [6.45, 7) is 2.08. The summed E-state index contributed by atoms with van der Waals surface area (Å²) in [5.41, 5.74) is 2.25. The van der Waals surface area contributed by atoms with Crippen molar-refractivity contribution in [2.75, 3.05) is 13.1 Å². The lowest BCUT2D eigenvalue weighted by atomic mass is 9.92. The van der Waals surface area contributed by atoms with Gasteiger partial charge in [0.05, 0.1) is 12.4 Å². The second-order valence-electron chi connectivity index (χ2n) is 6.41. The SMILES string of the molecule is Fc1ccc(C2N=CN(C3CCNCC3)C2c2ccncc2)cc1. The molecule has 1 saturated heterocycles. The van der Waals surface area contributed by atoms with Crippen LogP contribution in [0.3, 0.4) is 0 Å². The third-order valence-electron chi connectivity index (χ3n) is 4.97.